The summed E-state index contributed by atoms with van der Waals surface area (Å²) in [6.07, 6.45) is 5.17. The van der Waals surface area contributed by atoms with Gasteiger partial charge in [0.25, 0.3) is 0 Å². The smallest absolute Gasteiger partial charge is 0.415 e. The predicted octanol–water partition coefficient (Wildman–Crippen LogP) is 1.02. The first-order valence-electron chi connectivity index (χ1n) is 3.42. The zero-order valence-electron chi connectivity index (χ0n) is 6.54. The average molecular weight is 181 g/mol. The lowest BCUT2D eigenvalue weighted by Crippen LogP contribution is -2.16. The minimum absolute atomic E-state index is 0.0417. The summed E-state index contributed by atoms with van der Waals surface area (Å²) in [4.78, 5) is 21.8. The molecule has 0 atom stereocenters. The second-order valence-electron chi connectivity index (χ2n) is 2.27. The van der Waals surface area contributed by atoms with Crippen LogP contribution < -0.4 is 0 Å². The third-order valence-corrected chi connectivity index (χ3v) is 1.40. The topological polar surface area (TPSA) is 77.8 Å². The fourth-order valence-electron chi connectivity index (χ4n) is 0.775. The van der Waals surface area contributed by atoms with Crippen LogP contribution in [0.4, 0.5) is 4.79 Å². The van der Waals surface area contributed by atoms with Crippen molar-refractivity contribution in [3.8, 4) is 0 Å². The lowest BCUT2D eigenvalue weighted by molar-refractivity contribution is -0.132. The van der Waals surface area contributed by atoms with Crippen molar-refractivity contribution in [2.45, 2.75) is 0 Å². The minimum atomic E-state index is -1.16. The summed E-state index contributed by atoms with van der Waals surface area (Å²) in [6.45, 7) is 0. The van der Waals surface area contributed by atoms with Crippen molar-refractivity contribution in [1.82, 2.24) is 4.90 Å². The number of rotatable bonds is 1. The fraction of sp³-hybridized carbons (Fsp3) is 0. The Bertz CT molecular complexity index is 327. The highest BCUT2D eigenvalue weighted by atomic mass is 16.4. The highest BCUT2D eigenvalue weighted by Crippen LogP contribution is 2.05. The molecule has 1 amide bonds. The molecule has 1 aliphatic rings. The van der Waals surface area contributed by atoms with Crippen LogP contribution in [0.25, 0.3) is 0 Å². The van der Waals surface area contributed by atoms with Crippen LogP contribution >= 0.6 is 0 Å². The van der Waals surface area contributed by atoms with Crippen LogP contribution in [0.3, 0.4) is 0 Å². The van der Waals surface area contributed by atoms with E-state index in [9.17, 15) is 9.59 Å². The summed E-state index contributed by atoms with van der Waals surface area (Å²) in [7, 11) is 0. The summed E-state index contributed by atoms with van der Waals surface area (Å²) < 4.78 is 0. The quantitative estimate of drug-likeness (QED) is 0.633. The summed E-state index contributed by atoms with van der Waals surface area (Å²) >= 11 is 0. The number of aliphatic carboxylic acids is 1. The van der Waals surface area contributed by atoms with Gasteiger partial charge in [0, 0.05) is 12.4 Å². The SMILES string of the molecule is O=C(O)C1=CC=CN(C(=O)O)C=C1. The van der Waals surface area contributed by atoms with Gasteiger partial charge in [-0.15, -0.1) is 0 Å². The number of carboxylic acids is 1. The first-order chi connectivity index (χ1) is 6.11. The number of allylic oxidation sites excluding steroid dienone is 2. The third-order valence-electron chi connectivity index (χ3n) is 1.40. The van der Waals surface area contributed by atoms with Crippen LogP contribution in [0, 0.1) is 0 Å². The Morgan fingerprint density at radius 1 is 1.23 bits per heavy atom. The largest absolute Gasteiger partial charge is 0.478 e. The van der Waals surface area contributed by atoms with Gasteiger partial charge in [-0.25, -0.2) is 9.59 Å². The van der Waals surface area contributed by atoms with E-state index in [4.69, 9.17) is 10.2 Å². The molecule has 0 aliphatic carbocycles. The maximum Gasteiger partial charge on any atom is 0.415 e. The normalized spacial score (nSPS) is 15.1. The molecule has 0 saturated carbocycles. The first-order valence-corrected chi connectivity index (χ1v) is 3.42. The second kappa shape index (κ2) is 3.57. The maximum atomic E-state index is 10.5. The number of hydrogen-bond donors (Lipinski definition) is 2. The van der Waals surface area contributed by atoms with Crippen molar-refractivity contribution in [1.29, 1.82) is 0 Å². The van der Waals surface area contributed by atoms with E-state index in [1.807, 2.05) is 0 Å². The molecule has 0 fully saturated rings. The molecule has 5 heteroatoms. The molecule has 68 valence electrons. The molecule has 0 spiro atoms. The van der Waals surface area contributed by atoms with E-state index in [1.165, 1.54) is 30.6 Å². The molecule has 0 saturated heterocycles. The van der Waals surface area contributed by atoms with E-state index >= 15 is 0 Å². The molecule has 5 nitrogen and oxygen atoms in total. The fourth-order valence-corrected chi connectivity index (χ4v) is 0.775. The molecule has 1 heterocycles. The Hall–Kier alpha value is -2.04. The molecular weight excluding hydrogens is 174 g/mol. The van der Waals surface area contributed by atoms with E-state index in [1.54, 1.807) is 0 Å². The molecule has 0 bridgehead atoms. The minimum Gasteiger partial charge on any atom is -0.478 e. The molecular formula is C8H7NO4. The number of carbonyl (C=O) groups is 2. The molecule has 1 aliphatic heterocycles. The molecule has 0 radical (unpaired) electrons. The highest BCUT2D eigenvalue weighted by Gasteiger charge is 2.08. The Balaban J connectivity index is 2.86. The first kappa shape index (κ1) is 9.05. The van der Waals surface area contributed by atoms with E-state index in [2.05, 4.69) is 0 Å². The van der Waals surface area contributed by atoms with Crippen LogP contribution in [0.15, 0.2) is 36.2 Å². The van der Waals surface area contributed by atoms with Gasteiger partial charge in [0.05, 0.1) is 5.57 Å². The molecule has 1 rings (SSSR count). The number of amides is 1. The van der Waals surface area contributed by atoms with Gasteiger partial charge in [-0.2, -0.15) is 0 Å². The Labute approximate surface area is 73.9 Å². The van der Waals surface area contributed by atoms with E-state index in [-0.39, 0.29) is 5.57 Å². The molecule has 13 heavy (non-hydrogen) atoms. The highest BCUT2D eigenvalue weighted by molar-refractivity contribution is 5.90. The number of carboxylic acid groups (broad SMARTS) is 2. The van der Waals surface area contributed by atoms with Gasteiger partial charge in [-0.1, -0.05) is 0 Å². The van der Waals surface area contributed by atoms with Gasteiger partial charge in [-0.3, -0.25) is 4.90 Å². The summed E-state index contributed by atoms with van der Waals surface area (Å²) in [5.74, 6) is -1.09. The summed E-state index contributed by atoms with van der Waals surface area (Å²) in [5, 5.41) is 17.1. The van der Waals surface area contributed by atoms with Gasteiger partial charge in [0.2, 0.25) is 0 Å². The van der Waals surface area contributed by atoms with Crippen molar-refractivity contribution in [2.75, 3.05) is 0 Å². The molecule has 0 unspecified atom stereocenters. The van der Waals surface area contributed by atoms with Gasteiger partial charge < -0.3 is 10.2 Å². The Morgan fingerprint density at radius 2 is 1.92 bits per heavy atom. The predicted molar refractivity (Wildman–Crippen MR) is 43.9 cm³/mol. The van der Waals surface area contributed by atoms with Crippen molar-refractivity contribution in [2.24, 2.45) is 0 Å². The van der Waals surface area contributed by atoms with Crippen LogP contribution in [-0.4, -0.2) is 27.2 Å². The van der Waals surface area contributed by atoms with Gasteiger partial charge in [0.15, 0.2) is 0 Å². The van der Waals surface area contributed by atoms with Gasteiger partial charge in [-0.05, 0) is 18.2 Å². The van der Waals surface area contributed by atoms with Crippen LogP contribution in [0.5, 0.6) is 0 Å². The summed E-state index contributed by atoms with van der Waals surface area (Å²) in [6, 6.07) is 0. The molecule has 0 aromatic carbocycles. The van der Waals surface area contributed by atoms with Crippen LogP contribution in [-0.2, 0) is 4.79 Å². The summed E-state index contributed by atoms with van der Waals surface area (Å²) in [5.41, 5.74) is 0.0417. The van der Waals surface area contributed by atoms with Gasteiger partial charge in [0.1, 0.15) is 0 Å². The third kappa shape index (κ3) is 2.19. The standard InChI is InChI=1S/C8H7NO4/c10-7(11)6-2-1-4-9(5-3-6)8(12)13/h1-5H,(H,10,11)(H,12,13). The van der Waals surface area contributed by atoms with Crippen molar-refractivity contribution >= 4 is 12.1 Å². The lowest BCUT2D eigenvalue weighted by Gasteiger charge is -2.05. The lowest BCUT2D eigenvalue weighted by atomic mass is 10.2. The maximum absolute atomic E-state index is 10.5. The zero-order valence-corrected chi connectivity index (χ0v) is 6.54. The second-order valence-corrected chi connectivity index (χ2v) is 2.27. The number of nitrogens with zero attached hydrogens (tertiary/aromatic N) is 1. The molecule has 0 aromatic rings. The van der Waals surface area contributed by atoms with Crippen molar-refractivity contribution in [3.05, 3.63) is 36.2 Å². The van der Waals surface area contributed by atoms with Crippen LogP contribution in [0.1, 0.15) is 0 Å². The Kier molecular flexibility index (Phi) is 2.49. The average Bonchev–Trinajstić information content (AvgIpc) is 2.27. The van der Waals surface area contributed by atoms with Crippen LogP contribution in [0.2, 0.25) is 0 Å². The monoisotopic (exact) mass is 181 g/mol. The Morgan fingerprint density at radius 3 is 2.46 bits per heavy atom. The molecule has 0 aromatic heterocycles. The van der Waals surface area contributed by atoms with E-state index < -0.39 is 12.1 Å². The molecule has 2 N–H and O–H groups in total. The zero-order chi connectivity index (χ0) is 9.84. The van der Waals surface area contributed by atoms with Gasteiger partial charge >= 0.3 is 12.1 Å². The van der Waals surface area contributed by atoms with E-state index in [0.29, 0.717) is 0 Å². The van der Waals surface area contributed by atoms with Crippen molar-refractivity contribution in [3.63, 3.8) is 0 Å². The number of hydrogen-bond acceptors (Lipinski definition) is 2. The van der Waals surface area contributed by atoms with Crippen molar-refractivity contribution < 1.29 is 19.8 Å². The van der Waals surface area contributed by atoms with E-state index in [0.717, 1.165) is 4.90 Å².